The van der Waals surface area contributed by atoms with Crippen molar-refractivity contribution in [3.05, 3.63) is 16.4 Å². The quantitative estimate of drug-likeness (QED) is 0.680. The van der Waals surface area contributed by atoms with Crippen LogP contribution in [-0.2, 0) is 5.60 Å². The van der Waals surface area contributed by atoms with Crippen LogP contribution in [-0.4, -0.2) is 15.3 Å². The molecule has 1 heterocycles. The third kappa shape index (κ3) is 1.54. The Morgan fingerprint density at radius 3 is 2.27 bits per heavy atom. The number of hydrogen-bond acceptors (Lipinski definition) is 2. The SMILES string of the molecule is Cc1[nH]nc(C(C)(C)O)c1Cl. The number of nitrogens with one attached hydrogen (secondary N) is 1. The van der Waals surface area contributed by atoms with E-state index in [2.05, 4.69) is 10.2 Å². The molecule has 0 fully saturated rings. The number of hydrogen-bond donors (Lipinski definition) is 2. The highest BCUT2D eigenvalue weighted by molar-refractivity contribution is 6.31. The van der Waals surface area contributed by atoms with E-state index in [-0.39, 0.29) is 0 Å². The number of aryl methyl sites for hydroxylation is 1. The lowest BCUT2D eigenvalue weighted by molar-refractivity contribution is 0.0739. The zero-order valence-electron chi connectivity index (χ0n) is 6.77. The van der Waals surface area contributed by atoms with Crippen molar-refractivity contribution in [1.29, 1.82) is 0 Å². The van der Waals surface area contributed by atoms with Crippen molar-refractivity contribution in [1.82, 2.24) is 10.2 Å². The summed E-state index contributed by atoms with van der Waals surface area (Å²) in [6, 6.07) is 0. The third-order valence-corrected chi connectivity index (χ3v) is 1.91. The second-order valence-corrected chi connectivity index (χ2v) is 3.45. The zero-order valence-corrected chi connectivity index (χ0v) is 7.53. The van der Waals surface area contributed by atoms with E-state index in [0.29, 0.717) is 10.7 Å². The lowest BCUT2D eigenvalue weighted by Gasteiger charge is -2.13. The fraction of sp³-hybridized carbons (Fsp3) is 0.571. The van der Waals surface area contributed by atoms with Gasteiger partial charge in [0.05, 0.1) is 10.7 Å². The zero-order chi connectivity index (χ0) is 8.65. The van der Waals surface area contributed by atoms with Crippen molar-refractivity contribution in [2.24, 2.45) is 0 Å². The summed E-state index contributed by atoms with van der Waals surface area (Å²) in [7, 11) is 0. The van der Waals surface area contributed by atoms with Crippen LogP contribution in [0.1, 0.15) is 25.2 Å². The summed E-state index contributed by atoms with van der Waals surface area (Å²) in [5.74, 6) is 0. The Morgan fingerprint density at radius 1 is 1.55 bits per heavy atom. The summed E-state index contributed by atoms with van der Waals surface area (Å²) in [5.41, 5.74) is 0.308. The van der Waals surface area contributed by atoms with E-state index in [0.717, 1.165) is 5.69 Å². The molecule has 0 bridgehead atoms. The molecule has 11 heavy (non-hydrogen) atoms. The Bertz CT molecular complexity index is 262. The van der Waals surface area contributed by atoms with Gasteiger partial charge in [-0.2, -0.15) is 5.10 Å². The molecule has 0 radical (unpaired) electrons. The van der Waals surface area contributed by atoms with Crippen LogP contribution in [0.15, 0.2) is 0 Å². The molecule has 0 unspecified atom stereocenters. The highest BCUT2D eigenvalue weighted by atomic mass is 35.5. The summed E-state index contributed by atoms with van der Waals surface area (Å²) in [6.07, 6.45) is 0. The maximum Gasteiger partial charge on any atom is 0.112 e. The van der Waals surface area contributed by atoms with Gasteiger partial charge in [0.25, 0.3) is 0 Å². The second-order valence-electron chi connectivity index (χ2n) is 3.07. The molecular formula is C7H11ClN2O. The molecule has 0 aromatic carbocycles. The van der Waals surface area contributed by atoms with E-state index < -0.39 is 5.60 Å². The first-order chi connectivity index (χ1) is 4.93. The first kappa shape index (κ1) is 8.56. The van der Waals surface area contributed by atoms with Crippen molar-refractivity contribution in [3.63, 3.8) is 0 Å². The lowest BCUT2D eigenvalue weighted by atomic mass is 10.1. The second kappa shape index (κ2) is 2.50. The molecule has 62 valence electrons. The largest absolute Gasteiger partial charge is 0.384 e. The van der Waals surface area contributed by atoms with Gasteiger partial charge < -0.3 is 5.11 Å². The standard InChI is InChI=1S/C7H11ClN2O/c1-4-5(8)6(10-9-4)7(2,3)11/h11H,1-3H3,(H,9,10). The van der Waals surface area contributed by atoms with Gasteiger partial charge in [-0.25, -0.2) is 0 Å². The third-order valence-electron chi connectivity index (χ3n) is 1.45. The first-order valence-electron chi connectivity index (χ1n) is 3.36. The topological polar surface area (TPSA) is 48.9 Å². The maximum atomic E-state index is 9.52. The fourth-order valence-corrected chi connectivity index (χ4v) is 1.14. The first-order valence-corrected chi connectivity index (χ1v) is 3.74. The fourth-order valence-electron chi connectivity index (χ4n) is 0.821. The van der Waals surface area contributed by atoms with E-state index in [1.807, 2.05) is 6.92 Å². The maximum absolute atomic E-state index is 9.52. The minimum absolute atomic E-state index is 0.497. The van der Waals surface area contributed by atoms with Crippen LogP contribution in [0.25, 0.3) is 0 Å². The molecule has 0 spiro atoms. The summed E-state index contributed by atoms with van der Waals surface area (Å²) in [4.78, 5) is 0. The van der Waals surface area contributed by atoms with Crippen molar-refractivity contribution < 1.29 is 5.11 Å². The summed E-state index contributed by atoms with van der Waals surface area (Å²) in [5, 5.41) is 16.6. The molecule has 0 saturated carbocycles. The van der Waals surface area contributed by atoms with Crippen molar-refractivity contribution in [3.8, 4) is 0 Å². The molecule has 0 atom stereocenters. The Kier molecular flexibility index (Phi) is 1.94. The van der Waals surface area contributed by atoms with E-state index in [1.165, 1.54) is 0 Å². The molecule has 4 heteroatoms. The molecule has 1 aromatic rings. The van der Waals surface area contributed by atoms with Gasteiger partial charge in [-0.05, 0) is 20.8 Å². The monoisotopic (exact) mass is 174 g/mol. The van der Waals surface area contributed by atoms with Crippen molar-refractivity contribution in [2.75, 3.05) is 0 Å². The molecule has 1 rings (SSSR count). The van der Waals surface area contributed by atoms with E-state index in [4.69, 9.17) is 11.6 Å². The Balaban J connectivity index is 3.15. The Morgan fingerprint density at radius 2 is 2.09 bits per heavy atom. The highest BCUT2D eigenvalue weighted by Gasteiger charge is 2.23. The number of aromatic amines is 1. The molecule has 3 nitrogen and oxygen atoms in total. The van der Waals surface area contributed by atoms with E-state index in [1.54, 1.807) is 13.8 Å². The van der Waals surface area contributed by atoms with Gasteiger partial charge >= 0.3 is 0 Å². The number of halogens is 1. The van der Waals surface area contributed by atoms with E-state index in [9.17, 15) is 5.11 Å². The van der Waals surface area contributed by atoms with Gasteiger partial charge in [0, 0.05) is 0 Å². The van der Waals surface area contributed by atoms with Crippen LogP contribution < -0.4 is 0 Å². The Hall–Kier alpha value is -0.540. The molecule has 0 aliphatic heterocycles. The smallest absolute Gasteiger partial charge is 0.112 e. The van der Waals surface area contributed by atoms with Crippen LogP contribution in [0, 0.1) is 6.92 Å². The average Bonchev–Trinajstić information content (AvgIpc) is 2.11. The number of nitrogens with zero attached hydrogens (tertiary/aromatic N) is 1. The van der Waals surface area contributed by atoms with Crippen LogP contribution >= 0.6 is 11.6 Å². The predicted octanol–water partition coefficient (Wildman–Crippen LogP) is 1.60. The van der Waals surface area contributed by atoms with Gasteiger partial charge in [0.1, 0.15) is 11.3 Å². The number of aliphatic hydroxyl groups is 1. The average molecular weight is 175 g/mol. The normalized spacial score (nSPS) is 12.1. The van der Waals surface area contributed by atoms with Crippen molar-refractivity contribution in [2.45, 2.75) is 26.4 Å². The van der Waals surface area contributed by atoms with Gasteiger partial charge in [-0.15, -0.1) is 0 Å². The minimum Gasteiger partial charge on any atom is -0.384 e. The molecule has 0 saturated heterocycles. The highest BCUT2D eigenvalue weighted by Crippen LogP contribution is 2.27. The van der Waals surface area contributed by atoms with E-state index >= 15 is 0 Å². The van der Waals surface area contributed by atoms with Gasteiger partial charge in [0.15, 0.2) is 0 Å². The van der Waals surface area contributed by atoms with Crippen molar-refractivity contribution >= 4 is 11.6 Å². The molecule has 1 aromatic heterocycles. The number of rotatable bonds is 1. The lowest BCUT2D eigenvalue weighted by Crippen LogP contribution is -2.16. The van der Waals surface area contributed by atoms with Gasteiger partial charge in [-0.3, -0.25) is 5.10 Å². The molecule has 2 N–H and O–H groups in total. The molecular weight excluding hydrogens is 164 g/mol. The molecule has 0 aliphatic carbocycles. The van der Waals surface area contributed by atoms with Gasteiger partial charge in [-0.1, -0.05) is 11.6 Å². The summed E-state index contributed by atoms with van der Waals surface area (Å²) >= 11 is 5.84. The Labute approximate surface area is 70.4 Å². The molecule has 0 aliphatic rings. The van der Waals surface area contributed by atoms with Crippen LogP contribution in [0.3, 0.4) is 0 Å². The predicted molar refractivity (Wildman–Crippen MR) is 43.6 cm³/mol. The van der Waals surface area contributed by atoms with Crippen LogP contribution in [0.5, 0.6) is 0 Å². The summed E-state index contributed by atoms with van der Waals surface area (Å²) < 4.78 is 0. The number of aromatic nitrogens is 2. The minimum atomic E-state index is -0.970. The summed E-state index contributed by atoms with van der Waals surface area (Å²) in [6.45, 7) is 5.10. The number of H-pyrrole nitrogens is 1. The molecule has 0 amide bonds. The van der Waals surface area contributed by atoms with Gasteiger partial charge in [0.2, 0.25) is 0 Å². The van der Waals surface area contributed by atoms with Crippen LogP contribution in [0.2, 0.25) is 5.02 Å². The van der Waals surface area contributed by atoms with Crippen LogP contribution in [0.4, 0.5) is 0 Å².